The van der Waals surface area contributed by atoms with Gasteiger partial charge in [-0.25, -0.2) is 9.37 Å². The third kappa shape index (κ3) is 4.42. The van der Waals surface area contributed by atoms with Gasteiger partial charge in [-0.3, -0.25) is 4.79 Å². The molecule has 0 N–H and O–H groups in total. The molecule has 34 heavy (non-hydrogen) atoms. The summed E-state index contributed by atoms with van der Waals surface area (Å²) >= 11 is 0. The lowest BCUT2D eigenvalue weighted by Crippen LogP contribution is -2.45. The average Bonchev–Trinajstić information content (AvgIpc) is 3.50. The molecule has 0 aliphatic carbocycles. The van der Waals surface area contributed by atoms with Gasteiger partial charge in [-0.1, -0.05) is 6.07 Å². The summed E-state index contributed by atoms with van der Waals surface area (Å²) in [6.07, 6.45) is 8.36. The highest BCUT2D eigenvalue weighted by Crippen LogP contribution is 2.30. The summed E-state index contributed by atoms with van der Waals surface area (Å²) in [6, 6.07) is 12.7. The maximum atomic E-state index is 13.4. The SMILES string of the molecule is COc1cc(C=C2CCCN(C3CCN(c4ccc(F)cc4)C3)C2=O)ccc1-n1cnc(C)c1. The molecule has 176 valence electrons. The second-order valence-electron chi connectivity index (χ2n) is 8.99. The molecule has 1 unspecified atom stereocenters. The molecule has 5 rings (SSSR count). The second kappa shape index (κ2) is 9.33. The number of methoxy groups -OCH3 is 1. The Balaban J connectivity index is 1.32. The van der Waals surface area contributed by atoms with E-state index in [1.165, 1.54) is 12.1 Å². The fraction of sp³-hybridized carbons (Fsp3) is 0.333. The molecule has 3 heterocycles. The van der Waals surface area contributed by atoms with Crippen molar-refractivity contribution in [2.24, 2.45) is 0 Å². The van der Waals surface area contributed by atoms with Crippen molar-refractivity contribution in [2.75, 3.05) is 31.6 Å². The summed E-state index contributed by atoms with van der Waals surface area (Å²) < 4.78 is 20.8. The van der Waals surface area contributed by atoms with Crippen LogP contribution < -0.4 is 9.64 Å². The Hall–Kier alpha value is -3.61. The number of nitrogens with zero attached hydrogens (tertiary/aromatic N) is 4. The number of carbonyl (C=O) groups excluding carboxylic acids is 1. The summed E-state index contributed by atoms with van der Waals surface area (Å²) in [5.74, 6) is 0.619. The number of ether oxygens (including phenoxy) is 1. The van der Waals surface area contributed by atoms with Crippen LogP contribution in [0.4, 0.5) is 10.1 Å². The highest BCUT2D eigenvalue weighted by atomic mass is 19.1. The van der Waals surface area contributed by atoms with Crippen molar-refractivity contribution in [3.05, 3.63) is 77.6 Å². The van der Waals surface area contributed by atoms with Gasteiger partial charge in [-0.05, 0) is 74.2 Å². The van der Waals surface area contributed by atoms with Crippen LogP contribution in [0.25, 0.3) is 11.8 Å². The first-order valence-electron chi connectivity index (χ1n) is 11.7. The van der Waals surface area contributed by atoms with Gasteiger partial charge < -0.3 is 19.1 Å². The number of aromatic nitrogens is 2. The van der Waals surface area contributed by atoms with E-state index in [-0.39, 0.29) is 17.8 Å². The number of aryl methyl sites for hydroxylation is 1. The number of rotatable bonds is 5. The molecule has 3 aromatic rings. The summed E-state index contributed by atoms with van der Waals surface area (Å²) in [5.41, 5.74) is 4.63. The number of carbonyl (C=O) groups is 1. The lowest BCUT2D eigenvalue weighted by atomic mass is 9.98. The molecule has 1 atom stereocenters. The Bertz CT molecular complexity index is 1220. The van der Waals surface area contributed by atoms with Crippen molar-refractivity contribution >= 4 is 17.7 Å². The van der Waals surface area contributed by atoms with E-state index < -0.39 is 0 Å². The molecule has 0 saturated carbocycles. The lowest BCUT2D eigenvalue weighted by molar-refractivity contribution is -0.130. The van der Waals surface area contributed by atoms with Gasteiger partial charge in [0.15, 0.2) is 0 Å². The van der Waals surface area contributed by atoms with Crippen LogP contribution >= 0.6 is 0 Å². The van der Waals surface area contributed by atoms with Gasteiger partial charge in [-0.15, -0.1) is 0 Å². The first-order valence-corrected chi connectivity index (χ1v) is 11.7. The normalized spacial score (nSPS) is 19.8. The largest absolute Gasteiger partial charge is 0.495 e. The van der Waals surface area contributed by atoms with Gasteiger partial charge in [0.1, 0.15) is 11.6 Å². The highest BCUT2D eigenvalue weighted by Gasteiger charge is 2.34. The molecule has 6 nitrogen and oxygen atoms in total. The van der Waals surface area contributed by atoms with E-state index in [2.05, 4.69) is 9.88 Å². The minimum Gasteiger partial charge on any atom is -0.495 e. The number of hydrogen-bond donors (Lipinski definition) is 0. The molecule has 7 heteroatoms. The fourth-order valence-corrected chi connectivity index (χ4v) is 4.95. The van der Waals surface area contributed by atoms with E-state index in [0.29, 0.717) is 0 Å². The third-order valence-electron chi connectivity index (χ3n) is 6.71. The number of amides is 1. The van der Waals surface area contributed by atoms with Crippen LogP contribution in [0.5, 0.6) is 5.75 Å². The van der Waals surface area contributed by atoms with Crippen molar-refractivity contribution in [1.29, 1.82) is 0 Å². The van der Waals surface area contributed by atoms with Gasteiger partial charge >= 0.3 is 0 Å². The van der Waals surface area contributed by atoms with Gasteiger partial charge in [0.25, 0.3) is 0 Å². The van der Waals surface area contributed by atoms with E-state index in [4.69, 9.17) is 4.74 Å². The van der Waals surface area contributed by atoms with Crippen LogP contribution in [-0.2, 0) is 4.79 Å². The summed E-state index contributed by atoms with van der Waals surface area (Å²) in [7, 11) is 1.65. The molecule has 0 bridgehead atoms. The molecule has 2 saturated heterocycles. The standard InChI is InChI=1S/C27H29FN4O2/c1-19-16-31(18-29-19)25-10-5-20(15-26(25)34-2)14-21-4-3-12-32(27(21)33)24-11-13-30(17-24)23-8-6-22(28)7-9-23/h5-10,14-16,18,24H,3-4,11-13,17H2,1-2H3. The topological polar surface area (TPSA) is 50.6 Å². The molecule has 2 aromatic carbocycles. The minimum atomic E-state index is -0.231. The molecular formula is C27H29FN4O2. The zero-order valence-electron chi connectivity index (χ0n) is 19.6. The maximum Gasteiger partial charge on any atom is 0.250 e. The number of imidazole rings is 1. The molecule has 0 spiro atoms. The lowest BCUT2D eigenvalue weighted by Gasteiger charge is -2.34. The molecule has 0 radical (unpaired) electrons. The van der Waals surface area contributed by atoms with E-state index >= 15 is 0 Å². The van der Waals surface area contributed by atoms with Crippen LogP contribution in [0, 0.1) is 12.7 Å². The van der Waals surface area contributed by atoms with Crippen LogP contribution in [0.1, 0.15) is 30.5 Å². The van der Waals surface area contributed by atoms with Gasteiger partial charge in [-0.2, -0.15) is 0 Å². The zero-order chi connectivity index (χ0) is 23.7. The first kappa shape index (κ1) is 22.2. The Morgan fingerprint density at radius 3 is 2.71 bits per heavy atom. The summed E-state index contributed by atoms with van der Waals surface area (Å²) in [4.78, 5) is 21.9. The van der Waals surface area contributed by atoms with Crippen LogP contribution in [0.15, 0.2) is 60.6 Å². The minimum absolute atomic E-state index is 0.116. The first-order chi connectivity index (χ1) is 16.5. The Morgan fingerprint density at radius 2 is 1.97 bits per heavy atom. The number of likely N-dealkylation sites (tertiary alicyclic amines) is 1. The second-order valence-corrected chi connectivity index (χ2v) is 8.99. The van der Waals surface area contributed by atoms with Gasteiger partial charge in [0.2, 0.25) is 5.91 Å². The van der Waals surface area contributed by atoms with E-state index in [9.17, 15) is 9.18 Å². The molecule has 2 aliphatic heterocycles. The van der Waals surface area contributed by atoms with Crippen LogP contribution in [-0.4, -0.2) is 53.1 Å². The average molecular weight is 461 g/mol. The Kier molecular flexibility index (Phi) is 6.09. The number of anilines is 1. The summed E-state index contributed by atoms with van der Waals surface area (Å²) in [6.45, 7) is 4.37. The van der Waals surface area contributed by atoms with E-state index in [1.54, 1.807) is 13.4 Å². The van der Waals surface area contributed by atoms with Crippen molar-refractivity contribution < 1.29 is 13.9 Å². The van der Waals surface area contributed by atoms with Crippen molar-refractivity contribution in [1.82, 2.24) is 14.5 Å². The monoisotopic (exact) mass is 460 g/mol. The number of halogens is 1. The Labute approximate surface area is 199 Å². The summed E-state index contributed by atoms with van der Waals surface area (Å²) in [5, 5.41) is 0. The third-order valence-corrected chi connectivity index (χ3v) is 6.71. The fourth-order valence-electron chi connectivity index (χ4n) is 4.95. The maximum absolute atomic E-state index is 13.4. The zero-order valence-corrected chi connectivity index (χ0v) is 19.6. The van der Waals surface area contributed by atoms with Gasteiger partial charge in [0.05, 0.1) is 30.9 Å². The van der Waals surface area contributed by atoms with Crippen molar-refractivity contribution in [2.45, 2.75) is 32.2 Å². The molecule has 2 fully saturated rings. The molecular weight excluding hydrogens is 431 g/mol. The number of benzene rings is 2. The van der Waals surface area contributed by atoms with Crippen LogP contribution in [0.2, 0.25) is 0 Å². The van der Waals surface area contributed by atoms with E-state index in [0.717, 1.165) is 72.9 Å². The number of piperidine rings is 1. The van der Waals surface area contributed by atoms with Crippen molar-refractivity contribution in [3.8, 4) is 11.4 Å². The van der Waals surface area contributed by atoms with Crippen molar-refractivity contribution in [3.63, 3.8) is 0 Å². The Morgan fingerprint density at radius 1 is 1.15 bits per heavy atom. The van der Waals surface area contributed by atoms with Crippen LogP contribution in [0.3, 0.4) is 0 Å². The predicted molar refractivity (Wildman–Crippen MR) is 131 cm³/mol. The molecule has 2 aliphatic rings. The highest BCUT2D eigenvalue weighted by molar-refractivity contribution is 5.98. The van der Waals surface area contributed by atoms with E-state index in [1.807, 2.05) is 59.0 Å². The molecule has 1 aromatic heterocycles. The molecule has 1 amide bonds. The number of hydrogen-bond acceptors (Lipinski definition) is 4. The quantitative estimate of drug-likeness (QED) is 0.522. The predicted octanol–water partition coefficient (Wildman–Crippen LogP) is 4.61. The van der Waals surface area contributed by atoms with Gasteiger partial charge in [0, 0.05) is 37.1 Å². The smallest absolute Gasteiger partial charge is 0.250 e.